The molecule has 0 aromatic heterocycles. The van der Waals surface area contributed by atoms with Gasteiger partial charge in [-0.25, -0.2) is 0 Å². The van der Waals surface area contributed by atoms with Crippen molar-refractivity contribution >= 4 is 0 Å². The van der Waals surface area contributed by atoms with E-state index in [0.29, 0.717) is 0 Å². The van der Waals surface area contributed by atoms with Crippen molar-refractivity contribution in [1.29, 1.82) is 0 Å². The van der Waals surface area contributed by atoms with Crippen LogP contribution in [0.3, 0.4) is 0 Å². The second kappa shape index (κ2) is 10.4. The largest absolute Gasteiger partial charge is 0.376 e. The van der Waals surface area contributed by atoms with Gasteiger partial charge in [-0.05, 0) is 68.4 Å². The van der Waals surface area contributed by atoms with Crippen molar-refractivity contribution in [3.63, 3.8) is 0 Å². The van der Waals surface area contributed by atoms with Crippen LogP contribution in [0.2, 0.25) is 0 Å². The molecule has 1 heteroatoms. The Balaban J connectivity index is 1.75. The topological polar surface area (TPSA) is 9.23 Å². The lowest BCUT2D eigenvalue weighted by Gasteiger charge is -2.27. The number of hydrogen-bond donors (Lipinski definition) is 0. The molecule has 1 aliphatic rings. The number of allylic oxidation sites excluding steroid dienone is 3. The van der Waals surface area contributed by atoms with E-state index < -0.39 is 0 Å². The molecule has 0 radical (unpaired) electrons. The van der Waals surface area contributed by atoms with E-state index in [9.17, 15) is 0 Å². The zero-order chi connectivity index (χ0) is 16.3. The molecule has 23 heavy (non-hydrogen) atoms. The van der Waals surface area contributed by atoms with Crippen LogP contribution in [0.1, 0.15) is 69.4 Å². The number of rotatable bonds is 8. The minimum Gasteiger partial charge on any atom is -0.376 e. The van der Waals surface area contributed by atoms with Crippen LogP contribution in [0.25, 0.3) is 0 Å². The summed E-state index contributed by atoms with van der Waals surface area (Å²) in [7, 11) is 0. The lowest BCUT2D eigenvalue weighted by Crippen LogP contribution is -2.11. The van der Waals surface area contributed by atoms with Crippen LogP contribution >= 0.6 is 0 Å². The SMILES string of the molecule is C/C=C/CCOCc1ccc([C@H]2CC[C@H](/C=C/CC)CC2)cc1. The molecule has 0 bridgehead atoms. The van der Waals surface area contributed by atoms with Gasteiger partial charge >= 0.3 is 0 Å². The highest BCUT2D eigenvalue weighted by molar-refractivity contribution is 5.25. The number of benzene rings is 1. The molecule has 1 fully saturated rings. The fourth-order valence-corrected chi connectivity index (χ4v) is 3.37. The zero-order valence-electron chi connectivity index (χ0n) is 14.8. The maximum Gasteiger partial charge on any atom is 0.0717 e. The van der Waals surface area contributed by atoms with Gasteiger partial charge in [0.2, 0.25) is 0 Å². The molecule has 1 aromatic carbocycles. The van der Waals surface area contributed by atoms with Gasteiger partial charge in [0.25, 0.3) is 0 Å². The Kier molecular flexibility index (Phi) is 8.17. The standard InChI is InChI=1S/C22H32O/c1-3-5-7-17-23-18-20-11-15-22(16-12-20)21-13-9-19(10-14-21)8-6-4-2/h3,5-6,8,11-12,15-16,19,21H,4,7,9-10,13-14,17-18H2,1-2H3/b5-3+,8-6+/t19-,21-. The third-order valence-electron chi connectivity index (χ3n) is 4.80. The molecule has 0 aliphatic heterocycles. The van der Waals surface area contributed by atoms with Crippen molar-refractivity contribution in [3.05, 3.63) is 59.7 Å². The van der Waals surface area contributed by atoms with E-state index in [2.05, 4.69) is 55.5 Å². The van der Waals surface area contributed by atoms with Crippen molar-refractivity contribution in [1.82, 2.24) is 0 Å². The minimum absolute atomic E-state index is 0.729. The van der Waals surface area contributed by atoms with Crippen LogP contribution in [0.5, 0.6) is 0 Å². The van der Waals surface area contributed by atoms with E-state index in [4.69, 9.17) is 4.74 Å². The molecule has 0 unspecified atom stereocenters. The summed E-state index contributed by atoms with van der Waals surface area (Å²) in [5, 5.41) is 0. The highest BCUT2D eigenvalue weighted by Crippen LogP contribution is 2.36. The van der Waals surface area contributed by atoms with Crippen molar-refractivity contribution < 1.29 is 4.74 Å². The highest BCUT2D eigenvalue weighted by atomic mass is 16.5. The van der Waals surface area contributed by atoms with Crippen LogP contribution in [0.15, 0.2) is 48.6 Å². The second-order valence-electron chi connectivity index (χ2n) is 6.60. The third-order valence-corrected chi connectivity index (χ3v) is 4.80. The van der Waals surface area contributed by atoms with Gasteiger partial charge in [-0.3, -0.25) is 0 Å². The second-order valence-corrected chi connectivity index (χ2v) is 6.60. The van der Waals surface area contributed by atoms with Crippen molar-refractivity contribution in [2.24, 2.45) is 5.92 Å². The quantitative estimate of drug-likeness (QED) is 0.398. The predicted molar refractivity (Wildman–Crippen MR) is 99.7 cm³/mol. The lowest BCUT2D eigenvalue weighted by atomic mass is 9.78. The fraction of sp³-hybridized carbons (Fsp3) is 0.545. The van der Waals surface area contributed by atoms with Gasteiger partial charge < -0.3 is 4.74 Å². The minimum atomic E-state index is 0.729. The summed E-state index contributed by atoms with van der Waals surface area (Å²) in [6.45, 7) is 5.80. The summed E-state index contributed by atoms with van der Waals surface area (Å²) in [6.07, 6.45) is 16.5. The Morgan fingerprint density at radius 1 is 1.04 bits per heavy atom. The Labute approximate surface area is 142 Å². The van der Waals surface area contributed by atoms with E-state index in [-0.39, 0.29) is 0 Å². The first-order chi connectivity index (χ1) is 11.3. The maximum absolute atomic E-state index is 5.70. The molecule has 0 heterocycles. The van der Waals surface area contributed by atoms with Crippen LogP contribution in [0, 0.1) is 5.92 Å². The van der Waals surface area contributed by atoms with E-state index in [0.717, 1.165) is 37.9 Å². The molecule has 126 valence electrons. The fourth-order valence-electron chi connectivity index (χ4n) is 3.37. The van der Waals surface area contributed by atoms with E-state index >= 15 is 0 Å². The maximum atomic E-state index is 5.70. The molecule has 1 aliphatic carbocycles. The molecular weight excluding hydrogens is 280 g/mol. The van der Waals surface area contributed by atoms with Crippen molar-refractivity contribution in [3.8, 4) is 0 Å². The molecule has 0 saturated heterocycles. The van der Waals surface area contributed by atoms with Gasteiger partial charge in [0.15, 0.2) is 0 Å². The molecule has 0 N–H and O–H groups in total. The van der Waals surface area contributed by atoms with E-state index in [1.165, 1.54) is 36.8 Å². The first-order valence-electron chi connectivity index (χ1n) is 9.27. The van der Waals surface area contributed by atoms with Gasteiger partial charge in [-0.1, -0.05) is 55.5 Å². The molecule has 1 aromatic rings. The summed E-state index contributed by atoms with van der Waals surface area (Å²) in [5.41, 5.74) is 2.80. The monoisotopic (exact) mass is 312 g/mol. The lowest BCUT2D eigenvalue weighted by molar-refractivity contribution is 0.125. The first-order valence-corrected chi connectivity index (χ1v) is 9.27. The summed E-state index contributed by atoms with van der Waals surface area (Å²) in [4.78, 5) is 0. The molecule has 0 spiro atoms. The zero-order valence-corrected chi connectivity index (χ0v) is 14.8. The van der Waals surface area contributed by atoms with Gasteiger partial charge in [-0.15, -0.1) is 0 Å². The highest BCUT2D eigenvalue weighted by Gasteiger charge is 2.20. The summed E-state index contributed by atoms with van der Waals surface area (Å²) in [6, 6.07) is 9.12. The molecule has 0 atom stereocenters. The molecule has 2 rings (SSSR count). The predicted octanol–water partition coefficient (Wildman–Crippen LogP) is 6.41. The summed E-state index contributed by atoms with van der Waals surface area (Å²) >= 11 is 0. The van der Waals surface area contributed by atoms with Gasteiger partial charge in [0, 0.05) is 0 Å². The Hall–Kier alpha value is -1.34. The van der Waals surface area contributed by atoms with Crippen molar-refractivity contribution in [2.75, 3.05) is 6.61 Å². The van der Waals surface area contributed by atoms with Crippen LogP contribution in [-0.4, -0.2) is 6.61 Å². The van der Waals surface area contributed by atoms with Gasteiger partial charge in [0.1, 0.15) is 0 Å². The molecule has 1 saturated carbocycles. The summed E-state index contributed by atoms with van der Waals surface area (Å²) < 4.78 is 5.70. The average Bonchev–Trinajstić information content (AvgIpc) is 2.61. The normalized spacial score (nSPS) is 22.2. The van der Waals surface area contributed by atoms with Crippen LogP contribution in [-0.2, 0) is 11.3 Å². The first kappa shape index (κ1) is 18.0. The van der Waals surface area contributed by atoms with Crippen LogP contribution < -0.4 is 0 Å². The van der Waals surface area contributed by atoms with Crippen molar-refractivity contribution in [2.45, 2.75) is 64.9 Å². The third kappa shape index (κ3) is 6.35. The number of ether oxygens (including phenoxy) is 1. The van der Waals surface area contributed by atoms with Gasteiger partial charge in [0.05, 0.1) is 13.2 Å². The summed E-state index contributed by atoms with van der Waals surface area (Å²) in [5.74, 6) is 1.57. The van der Waals surface area contributed by atoms with E-state index in [1.807, 2.05) is 6.92 Å². The molecule has 1 nitrogen and oxygen atoms in total. The smallest absolute Gasteiger partial charge is 0.0717 e. The van der Waals surface area contributed by atoms with Crippen LogP contribution in [0.4, 0.5) is 0 Å². The molecular formula is C22H32O. The Morgan fingerprint density at radius 3 is 2.43 bits per heavy atom. The number of hydrogen-bond acceptors (Lipinski definition) is 1. The average molecular weight is 312 g/mol. The Bertz CT molecular complexity index is 475. The van der Waals surface area contributed by atoms with E-state index in [1.54, 1.807) is 0 Å². The molecule has 0 amide bonds. The van der Waals surface area contributed by atoms with Gasteiger partial charge in [-0.2, -0.15) is 0 Å². The Morgan fingerprint density at radius 2 is 1.78 bits per heavy atom.